The highest BCUT2D eigenvalue weighted by Gasteiger charge is 2.23. The van der Waals surface area contributed by atoms with Crippen molar-refractivity contribution in [1.82, 2.24) is 20.0 Å². The summed E-state index contributed by atoms with van der Waals surface area (Å²) in [7, 11) is 0. The molecule has 2 saturated heterocycles. The van der Waals surface area contributed by atoms with Gasteiger partial charge in [-0.2, -0.15) is 5.10 Å². The fourth-order valence-electron chi connectivity index (χ4n) is 3.44. The maximum Gasteiger partial charge on any atom is 0.0951 e. The van der Waals surface area contributed by atoms with Crippen LogP contribution in [0.3, 0.4) is 0 Å². The largest absolute Gasteiger partial charge is 0.376 e. The number of H-pyrrole nitrogens is 1. The van der Waals surface area contributed by atoms with Crippen molar-refractivity contribution in [3.63, 3.8) is 0 Å². The van der Waals surface area contributed by atoms with Crippen molar-refractivity contribution in [3.8, 4) is 0 Å². The minimum absolute atomic E-state index is 0.305. The summed E-state index contributed by atoms with van der Waals surface area (Å²) < 4.78 is 6.06. The summed E-state index contributed by atoms with van der Waals surface area (Å²) in [6.07, 6.45) is 5.43. The topological polar surface area (TPSA) is 44.4 Å². The number of aryl methyl sites for hydroxylation is 1. The summed E-state index contributed by atoms with van der Waals surface area (Å²) >= 11 is 6.30. The van der Waals surface area contributed by atoms with Crippen LogP contribution in [0.1, 0.15) is 37.1 Å². The molecule has 1 aromatic heterocycles. The maximum atomic E-state index is 6.30. The van der Waals surface area contributed by atoms with Crippen LogP contribution < -0.4 is 0 Å². The molecule has 3 heterocycles. The molecular weight excluding hydrogens is 300 g/mol. The molecule has 0 radical (unpaired) electrons. The Morgan fingerprint density at radius 3 is 2.68 bits per heavy atom. The average molecular weight is 327 g/mol. The number of nitrogens with one attached hydrogen (secondary N) is 1. The van der Waals surface area contributed by atoms with E-state index in [9.17, 15) is 0 Å². The summed E-state index contributed by atoms with van der Waals surface area (Å²) in [4.78, 5) is 4.99. The van der Waals surface area contributed by atoms with Gasteiger partial charge in [0.2, 0.25) is 0 Å². The third kappa shape index (κ3) is 4.22. The van der Waals surface area contributed by atoms with Crippen LogP contribution in [-0.2, 0) is 11.3 Å². The van der Waals surface area contributed by atoms with Crippen molar-refractivity contribution in [1.29, 1.82) is 0 Å². The predicted molar refractivity (Wildman–Crippen MR) is 88.3 cm³/mol. The van der Waals surface area contributed by atoms with E-state index < -0.39 is 0 Å². The number of aromatic nitrogens is 2. The number of hydrogen-bond acceptors (Lipinski definition) is 4. The van der Waals surface area contributed by atoms with E-state index in [1.54, 1.807) is 0 Å². The van der Waals surface area contributed by atoms with Crippen LogP contribution in [0.15, 0.2) is 0 Å². The Balaban J connectivity index is 1.56. The van der Waals surface area contributed by atoms with E-state index in [1.165, 1.54) is 32.4 Å². The Hall–Kier alpha value is -0.620. The van der Waals surface area contributed by atoms with Gasteiger partial charge in [0.05, 0.1) is 22.5 Å². The quantitative estimate of drug-likeness (QED) is 0.923. The minimum atomic E-state index is 0.305. The molecule has 5 nitrogen and oxygen atoms in total. The lowest BCUT2D eigenvalue weighted by atomic mass is 10.1. The molecule has 0 spiro atoms. The van der Waals surface area contributed by atoms with Gasteiger partial charge in [-0.05, 0) is 39.3 Å². The Labute approximate surface area is 137 Å². The van der Waals surface area contributed by atoms with Crippen LogP contribution in [0.4, 0.5) is 0 Å². The molecule has 1 atom stereocenters. The van der Waals surface area contributed by atoms with Crippen LogP contribution in [0.5, 0.6) is 0 Å². The molecule has 1 N–H and O–H groups in total. The first-order valence-electron chi connectivity index (χ1n) is 8.48. The number of hydrogen-bond donors (Lipinski definition) is 1. The highest BCUT2D eigenvalue weighted by molar-refractivity contribution is 6.31. The molecule has 0 bridgehead atoms. The van der Waals surface area contributed by atoms with Crippen LogP contribution >= 0.6 is 11.6 Å². The molecule has 6 heteroatoms. The molecule has 0 aliphatic carbocycles. The molecule has 3 rings (SSSR count). The van der Waals surface area contributed by atoms with Crippen LogP contribution in [-0.4, -0.2) is 65.4 Å². The Morgan fingerprint density at radius 1 is 1.18 bits per heavy atom. The lowest BCUT2D eigenvalue weighted by Crippen LogP contribution is -2.42. The van der Waals surface area contributed by atoms with E-state index in [-0.39, 0.29) is 0 Å². The molecule has 1 aromatic rings. The number of ether oxygens (including phenoxy) is 1. The number of aromatic amines is 1. The fourth-order valence-corrected chi connectivity index (χ4v) is 3.58. The summed E-state index contributed by atoms with van der Waals surface area (Å²) in [5, 5.41) is 8.08. The Kier molecular flexibility index (Phi) is 5.74. The van der Waals surface area contributed by atoms with E-state index in [1.807, 2.05) is 6.92 Å². The number of piperidine rings is 1. The molecule has 2 aliphatic heterocycles. The van der Waals surface area contributed by atoms with Gasteiger partial charge in [-0.15, -0.1) is 0 Å². The molecule has 0 amide bonds. The van der Waals surface area contributed by atoms with Gasteiger partial charge in [0.25, 0.3) is 0 Å². The smallest absolute Gasteiger partial charge is 0.0951 e. The van der Waals surface area contributed by atoms with Gasteiger partial charge in [-0.3, -0.25) is 10.00 Å². The van der Waals surface area contributed by atoms with Crippen molar-refractivity contribution in [2.24, 2.45) is 0 Å². The lowest BCUT2D eigenvalue weighted by Gasteiger charge is -2.31. The first-order valence-corrected chi connectivity index (χ1v) is 8.86. The van der Waals surface area contributed by atoms with Crippen LogP contribution in [0.2, 0.25) is 5.02 Å². The Bertz CT molecular complexity index is 473. The normalized spacial score (nSPS) is 25.3. The van der Waals surface area contributed by atoms with E-state index in [2.05, 4.69) is 20.0 Å². The van der Waals surface area contributed by atoms with Gasteiger partial charge in [0.15, 0.2) is 0 Å². The summed E-state index contributed by atoms with van der Waals surface area (Å²) in [6.45, 7) is 9.17. The zero-order chi connectivity index (χ0) is 15.4. The van der Waals surface area contributed by atoms with Gasteiger partial charge >= 0.3 is 0 Å². The number of rotatable bonds is 4. The monoisotopic (exact) mass is 326 g/mol. The Morgan fingerprint density at radius 2 is 1.95 bits per heavy atom. The minimum Gasteiger partial charge on any atom is -0.376 e. The first-order chi connectivity index (χ1) is 10.7. The zero-order valence-electron chi connectivity index (χ0n) is 13.5. The van der Waals surface area contributed by atoms with Crippen molar-refractivity contribution in [2.75, 3.05) is 39.3 Å². The molecule has 124 valence electrons. The van der Waals surface area contributed by atoms with E-state index in [0.29, 0.717) is 6.10 Å². The molecule has 2 fully saturated rings. The van der Waals surface area contributed by atoms with E-state index >= 15 is 0 Å². The third-order valence-corrected chi connectivity index (χ3v) is 5.16. The molecule has 0 saturated carbocycles. The SMILES string of the molecule is Cc1[nH]nc(CN2CCCO[C@H](CN3CCCCC3)C2)c1Cl. The summed E-state index contributed by atoms with van der Waals surface area (Å²) in [6, 6.07) is 0. The number of likely N-dealkylation sites (tertiary alicyclic amines) is 1. The molecule has 2 aliphatic rings. The predicted octanol–water partition coefficient (Wildman–Crippen LogP) is 2.45. The standard InChI is InChI=1S/C16H27ClN4O/c1-13-16(17)15(19-18-13)12-21-8-5-9-22-14(11-21)10-20-6-3-2-4-7-20/h14H,2-12H2,1H3,(H,18,19)/t14-/m1/s1. The fraction of sp³-hybridized carbons (Fsp3) is 0.812. The number of halogens is 1. The highest BCUT2D eigenvalue weighted by Crippen LogP contribution is 2.20. The van der Waals surface area contributed by atoms with Gasteiger partial charge in [0, 0.05) is 32.8 Å². The molecule has 22 heavy (non-hydrogen) atoms. The van der Waals surface area contributed by atoms with Crippen LogP contribution in [0.25, 0.3) is 0 Å². The molecular formula is C16H27ClN4O. The number of nitrogens with zero attached hydrogens (tertiary/aromatic N) is 3. The average Bonchev–Trinajstić information content (AvgIpc) is 2.73. The molecule has 0 unspecified atom stereocenters. The maximum absolute atomic E-state index is 6.30. The summed E-state index contributed by atoms with van der Waals surface area (Å²) in [5.41, 5.74) is 1.91. The van der Waals surface area contributed by atoms with Gasteiger partial charge in [0.1, 0.15) is 0 Å². The van der Waals surface area contributed by atoms with E-state index in [4.69, 9.17) is 16.3 Å². The second kappa shape index (κ2) is 7.77. The van der Waals surface area contributed by atoms with Crippen LogP contribution in [0, 0.1) is 6.92 Å². The van der Waals surface area contributed by atoms with Gasteiger partial charge in [-0.1, -0.05) is 18.0 Å². The van der Waals surface area contributed by atoms with E-state index in [0.717, 1.165) is 55.6 Å². The lowest BCUT2D eigenvalue weighted by molar-refractivity contribution is 0.0215. The second-order valence-electron chi connectivity index (χ2n) is 6.55. The van der Waals surface area contributed by atoms with Gasteiger partial charge in [-0.25, -0.2) is 0 Å². The van der Waals surface area contributed by atoms with Crippen molar-refractivity contribution >= 4 is 11.6 Å². The van der Waals surface area contributed by atoms with Crippen molar-refractivity contribution < 1.29 is 4.74 Å². The molecule has 0 aromatic carbocycles. The third-order valence-electron chi connectivity index (χ3n) is 4.66. The van der Waals surface area contributed by atoms with Crippen molar-refractivity contribution in [2.45, 2.75) is 45.3 Å². The second-order valence-corrected chi connectivity index (χ2v) is 6.93. The summed E-state index contributed by atoms with van der Waals surface area (Å²) in [5.74, 6) is 0. The zero-order valence-corrected chi connectivity index (χ0v) is 14.2. The highest BCUT2D eigenvalue weighted by atomic mass is 35.5. The van der Waals surface area contributed by atoms with Crippen molar-refractivity contribution in [3.05, 3.63) is 16.4 Å². The van der Waals surface area contributed by atoms with Gasteiger partial charge < -0.3 is 9.64 Å². The first kappa shape index (κ1) is 16.2.